The van der Waals surface area contributed by atoms with E-state index < -0.39 is 6.43 Å². The van der Waals surface area contributed by atoms with Gasteiger partial charge in [0.25, 0.3) is 0 Å². The van der Waals surface area contributed by atoms with Gasteiger partial charge in [0.2, 0.25) is 6.43 Å². The lowest BCUT2D eigenvalue weighted by atomic mass is 9.57. The molecule has 1 saturated carbocycles. The highest BCUT2D eigenvalue weighted by Gasteiger charge is 2.54. The van der Waals surface area contributed by atoms with Crippen molar-refractivity contribution in [2.45, 2.75) is 19.3 Å². The lowest BCUT2D eigenvalue weighted by Crippen LogP contribution is -2.64. The summed E-state index contributed by atoms with van der Waals surface area (Å²) in [5, 5.41) is 3.06. The summed E-state index contributed by atoms with van der Waals surface area (Å²) in [6.45, 7) is 1.64. The molecule has 1 spiro atoms. The van der Waals surface area contributed by atoms with Crippen LogP contribution in [0.3, 0.4) is 0 Å². The molecule has 1 N–H and O–H groups in total. The molecule has 58 valence electrons. The van der Waals surface area contributed by atoms with Crippen molar-refractivity contribution in [3.05, 3.63) is 0 Å². The van der Waals surface area contributed by atoms with Crippen LogP contribution in [-0.2, 0) is 0 Å². The van der Waals surface area contributed by atoms with Gasteiger partial charge in [-0.15, -0.1) is 0 Å². The second kappa shape index (κ2) is 1.91. The van der Waals surface area contributed by atoms with Crippen molar-refractivity contribution in [1.29, 1.82) is 0 Å². The molecule has 0 radical (unpaired) electrons. The Hall–Kier alpha value is -0.180. The smallest absolute Gasteiger partial charge is 0.242 e. The average Bonchev–Trinajstić information content (AvgIpc) is 1.53. The van der Waals surface area contributed by atoms with Crippen molar-refractivity contribution < 1.29 is 8.78 Å². The van der Waals surface area contributed by atoms with Gasteiger partial charge in [-0.1, -0.05) is 0 Å². The molecule has 1 unspecified atom stereocenters. The minimum atomic E-state index is -2.09. The molecule has 1 aliphatic carbocycles. The van der Waals surface area contributed by atoms with Crippen LogP contribution in [0.15, 0.2) is 0 Å². The Morgan fingerprint density at radius 2 is 2.10 bits per heavy atom. The third-order valence-electron chi connectivity index (χ3n) is 3.00. The molecule has 1 saturated heterocycles. The normalized spacial score (nSPS) is 35.7. The fourth-order valence-electron chi connectivity index (χ4n) is 2.00. The van der Waals surface area contributed by atoms with Crippen LogP contribution in [-0.4, -0.2) is 19.5 Å². The minimum Gasteiger partial charge on any atom is -0.316 e. The minimum absolute atomic E-state index is 0.0220. The van der Waals surface area contributed by atoms with Gasteiger partial charge in [-0.3, -0.25) is 0 Å². The van der Waals surface area contributed by atoms with E-state index in [1.165, 1.54) is 0 Å². The fraction of sp³-hybridized carbons (Fsp3) is 1.00. The molecule has 2 aliphatic rings. The Kier molecular flexibility index (Phi) is 1.24. The molecule has 0 amide bonds. The largest absolute Gasteiger partial charge is 0.316 e. The molecule has 0 aromatic heterocycles. The zero-order valence-electron chi connectivity index (χ0n) is 5.74. The molecule has 1 aliphatic heterocycles. The van der Waals surface area contributed by atoms with Crippen LogP contribution in [0.25, 0.3) is 0 Å². The second-order valence-electron chi connectivity index (χ2n) is 3.45. The Morgan fingerprint density at radius 3 is 2.20 bits per heavy atom. The SMILES string of the molecule is FC(F)C1CCC12CNC2. The van der Waals surface area contributed by atoms with Crippen molar-refractivity contribution in [1.82, 2.24) is 5.32 Å². The molecule has 3 heteroatoms. The van der Waals surface area contributed by atoms with Crippen molar-refractivity contribution in [2.75, 3.05) is 13.1 Å². The van der Waals surface area contributed by atoms with Crippen molar-refractivity contribution in [2.24, 2.45) is 11.3 Å². The molecule has 1 nitrogen and oxygen atoms in total. The predicted octanol–water partition coefficient (Wildman–Crippen LogP) is 1.25. The first-order chi connectivity index (χ1) is 4.75. The fourth-order valence-corrected chi connectivity index (χ4v) is 2.00. The summed E-state index contributed by atoms with van der Waals surface area (Å²) in [6.07, 6.45) is -0.343. The number of hydrogen-bond acceptors (Lipinski definition) is 1. The van der Waals surface area contributed by atoms with E-state index >= 15 is 0 Å². The van der Waals surface area contributed by atoms with Crippen LogP contribution in [0.4, 0.5) is 8.78 Å². The molecule has 0 bridgehead atoms. The van der Waals surface area contributed by atoms with Gasteiger partial charge in [-0.2, -0.15) is 0 Å². The molecule has 1 heterocycles. The van der Waals surface area contributed by atoms with Gasteiger partial charge in [0, 0.05) is 24.4 Å². The van der Waals surface area contributed by atoms with E-state index in [-0.39, 0.29) is 11.3 Å². The summed E-state index contributed by atoms with van der Waals surface area (Å²) in [4.78, 5) is 0. The molecule has 10 heavy (non-hydrogen) atoms. The number of rotatable bonds is 1. The van der Waals surface area contributed by atoms with E-state index in [1.807, 2.05) is 0 Å². The van der Waals surface area contributed by atoms with Crippen LogP contribution < -0.4 is 5.32 Å². The first kappa shape index (κ1) is 6.53. The quantitative estimate of drug-likeness (QED) is 0.588. The summed E-state index contributed by atoms with van der Waals surface area (Å²) < 4.78 is 24.3. The van der Waals surface area contributed by atoms with Gasteiger partial charge in [-0.25, -0.2) is 8.78 Å². The van der Waals surface area contributed by atoms with Crippen LogP contribution in [0.5, 0.6) is 0 Å². The summed E-state index contributed by atoms with van der Waals surface area (Å²) in [5.74, 6) is -0.297. The monoisotopic (exact) mass is 147 g/mol. The van der Waals surface area contributed by atoms with Gasteiger partial charge in [-0.05, 0) is 12.8 Å². The number of hydrogen-bond donors (Lipinski definition) is 1. The van der Waals surface area contributed by atoms with Crippen LogP contribution in [0.1, 0.15) is 12.8 Å². The Labute approximate surface area is 58.8 Å². The lowest BCUT2D eigenvalue weighted by Gasteiger charge is -2.55. The molecule has 0 aromatic rings. The van der Waals surface area contributed by atoms with Gasteiger partial charge in [0.05, 0.1) is 0 Å². The lowest BCUT2D eigenvalue weighted by molar-refractivity contribution is -0.109. The average molecular weight is 147 g/mol. The maximum absolute atomic E-state index is 12.2. The van der Waals surface area contributed by atoms with Gasteiger partial charge >= 0.3 is 0 Å². The summed E-state index contributed by atoms with van der Waals surface area (Å²) in [6, 6.07) is 0. The number of nitrogens with one attached hydrogen (secondary N) is 1. The van der Waals surface area contributed by atoms with Crippen molar-refractivity contribution >= 4 is 0 Å². The van der Waals surface area contributed by atoms with Crippen LogP contribution in [0.2, 0.25) is 0 Å². The zero-order valence-corrected chi connectivity index (χ0v) is 5.74. The summed E-state index contributed by atoms with van der Waals surface area (Å²) in [7, 11) is 0. The topological polar surface area (TPSA) is 12.0 Å². The van der Waals surface area contributed by atoms with Gasteiger partial charge < -0.3 is 5.32 Å². The Balaban J connectivity index is 1.99. The van der Waals surface area contributed by atoms with E-state index in [1.54, 1.807) is 0 Å². The molecular weight excluding hydrogens is 136 g/mol. The molecule has 2 fully saturated rings. The predicted molar refractivity (Wildman–Crippen MR) is 34.0 cm³/mol. The number of halogens is 2. The third-order valence-corrected chi connectivity index (χ3v) is 3.00. The Bertz CT molecular complexity index is 137. The third kappa shape index (κ3) is 0.641. The summed E-state index contributed by atoms with van der Waals surface area (Å²) >= 11 is 0. The highest BCUT2D eigenvalue weighted by molar-refractivity contribution is 5.05. The molecule has 0 aromatic carbocycles. The first-order valence-electron chi connectivity index (χ1n) is 3.73. The van der Waals surface area contributed by atoms with E-state index in [9.17, 15) is 8.78 Å². The first-order valence-corrected chi connectivity index (χ1v) is 3.73. The van der Waals surface area contributed by atoms with Crippen LogP contribution in [0, 0.1) is 11.3 Å². The highest BCUT2D eigenvalue weighted by atomic mass is 19.3. The Morgan fingerprint density at radius 1 is 1.40 bits per heavy atom. The number of alkyl halides is 2. The summed E-state index contributed by atoms with van der Waals surface area (Å²) in [5.41, 5.74) is 0.0220. The maximum Gasteiger partial charge on any atom is 0.242 e. The second-order valence-corrected chi connectivity index (χ2v) is 3.45. The van der Waals surface area contributed by atoms with E-state index in [0.717, 1.165) is 25.9 Å². The van der Waals surface area contributed by atoms with Gasteiger partial charge in [0.1, 0.15) is 0 Å². The molecule has 2 rings (SSSR count). The zero-order chi connectivity index (χ0) is 7.19. The molecule has 1 atom stereocenters. The van der Waals surface area contributed by atoms with E-state index in [0.29, 0.717) is 0 Å². The molecular formula is C7H11F2N. The van der Waals surface area contributed by atoms with Crippen molar-refractivity contribution in [3.63, 3.8) is 0 Å². The maximum atomic E-state index is 12.2. The standard InChI is InChI=1S/C7H11F2N/c8-6(9)5-1-2-7(5)3-10-4-7/h5-6,10H,1-4H2. The van der Waals surface area contributed by atoms with Crippen molar-refractivity contribution in [3.8, 4) is 0 Å². The van der Waals surface area contributed by atoms with E-state index in [4.69, 9.17) is 0 Å². The highest BCUT2D eigenvalue weighted by Crippen LogP contribution is 2.51. The van der Waals surface area contributed by atoms with Gasteiger partial charge in [0.15, 0.2) is 0 Å². The van der Waals surface area contributed by atoms with Crippen LogP contribution >= 0.6 is 0 Å². The van der Waals surface area contributed by atoms with E-state index in [2.05, 4.69) is 5.32 Å².